The zero-order valence-electron chi connectivity index (χ0n) is 17.1. The quantitative estimate of drug-likeness (QED) is 0.290. The average molecular weight is 524 g/mol. The molecule has 9 heteroatoms. The fourth-order valence-electron chi connectivity index (χ4n) is 2.70. The highest BCUT2D eigenvalue weighted by Gasteiger charge is 2.20. The second kappa shape index (κ2) is 11.3. The molecule has 0 bridgehead atoms. The van der Waals surface area contributed by atoms with Crippen LogP contribution in [0.25, 0.3) is 0 Å². The van der Waals surface area contributed by atoms with Gasteiger partial charge in [-0.3, -0.25) is 0 Å². The predicted octanol–water partition coefficient (Wildman–Crippen LogP) is 2.62. The molecule has 1 aromatic carbocycles. The number of nitrogens with one attached hydrogen (secondary N) is 3. The van der Waals surface area contributed by atoms with Gasteiger partial charge in [0.1, 0.15) is 0 Å². The Balaban J connectivity index is 0.00000392. The SMILES string of the molecule is CCNC(=NCc1ccc(S(=O)(=O)NCC2CCCO2)cc1)NC(C)(C)C.I. The van der Waals surface area contributed by atoms with E-state index in [-0.39, 0.29) is 40.5 Å². The summed E-state index contributed by atoms with van der Waals surface area (Å²) in [5.74, 6) is 0.736. The van der Waals surface area contributed by atoms with E-state index in [0.717, 1.165) is 30.9 Å². The van der Waals surface area contributed by atoms with Crippen LogP contribution in [-0.4, -0.2) is 45.7 Å². The zero-order valence-corrected chi connectivity index (χ0v) is 20.3. The Morgan fingerprint density at radius 1 is 1.25 bits per heavy atom. The lowest BCUT2D eigenvalue weighted by Crippen LogP contribution is -2.47. The molecule has 3 N–H and O–H groups in total. The molecule has 0 saturated carbocycles. The first-order chi connectivity index (χ1) is 12.7. The summed E-state index contributed by atoms with van der Waals surface area (Å²) in [6.45, 7) is 10.5. The van der Waals surface area contributed by atoms with Crippen molar-refractivity contribution in [3.63, 3.8) is 0 Å². The van der Waals surface area contributed by atoms with Crippen LogP contribution in [0.4, 0.5) is 0 Å². The Labute approximate surface area is 186 Å². The summed E-state index contributed by atoms with van der Waals surface area (Å²) < 4.78 is 32.9. The van der Waals surface area contributed by atoms with Crippen molar-refractivity contribution in [2.45, 2.75) is 63.6 Å². The number of guanidine groups is 1. The molecule has 0 radical (unpaired) electrons. The molecule has 1 atom stereocenters. The van der Waals surface area contributed by atoms with Gasteiger partial charge in [-0.05, 0) is 58.2 Å². The van der Waals surface area contributed by atoms with E-state index in [1.54, 1.807) is 24.3 Å². The molecule has 1 aliphatic rings. The third-order valence-electron chi connectivity index (χ3n) is 4.02. The van der Waals surface area contributed by atoms with E-state index in [1.165, 1.54) is 0 Å². The van der Waals surface area contributed by atoms with Crippen LogP contribution in [0.3, 0.4) is 0 Å². The van der Waals surface area contributed by atoms with E-state index in [2.05, 4.69) is 41.1 Å². The molecule has 1 unspecified atom stereocenters. The second-order valence-electron chi connectivity index (χ2n) is 7.70. The van der Waals surface area contributed by atoms with E-state index in [9.17, 15) is 8.42 Å². The monoisotopic (exact) mass is 524 g/mol. The smallest absolute Gasteiger partial charge is 0.240 e. The topological polar surface area (TPSA) is 91.8 Å². The number of benzene rings is 1. The number of aliphatic imine (C=N–C) groups is 1. The Morgan fingerprint density at radius 3 is 2.46 bits per heavy atom. The van der Waals surface area contributed by atoms with Crippen molar-refractivity contribution in [2.24, 2.45) is 4.99 Å². The number of rotatable bonds is 7. The molecule has 1 aromatic rings. The van der Waals surface area contributed by atoms with Gasteiger partial charge in [0.2, 0.25) is 10.0 Å². The maximum Gasteiger partial charge on any atom is 0.240 e. The van der Waals surface area contributed by atoms with Crippen molar-refractivity contribution in [3.05, 3.63) is 29.8 Å². The van der Waals surface area contributed by atoms with Crippen LogP contribution in [0.2, 0.25) is 0 Å². The fraction of sp³-hybridized carbons (Fsp3) is 0.632. The first-order valence-corrected chi connectivity index (χ1v) is 10.9. The highest BCUT2D eigenvalue weighted by molar-refractivity contribution is 14.0. The van der Waals surface area contributed by atoms with Gasteiger partial charge in [0.15, 0.2) is 5.96 Å². The van der Waals surface area contributed by atoms with Crippen molar-refractivity contribution >= 4 is 40.0 Å². The molecule has 1 saturated heterocycles. The predicted molar refractivity (Wildman–Crippen MR) is 124 cm³/mol. The van der Waals surface area contributed by atoms with Crippen molar-refractivity contribution in [2.75, 3.05) is 19.7 Å². The molecular formula is C19H33IN4O3S. The molecule has 0 spiro atoms. The first kappa shape index (κ1) is 25.1. The van der Waals surface area contributed by atoms with Gasteiger partial charge >= 0.3 is 0 Å². The molecule has 2 rings (SSSR count). The van der Waals surface area contributed by atoms with Gasteiger partial charge in [0, 0.05) is 25.2 Å². The molecule has 28 heavy (non-hydrogen) atoms. The fourth-order valence-corrected chi connectivity index (χ4v) is 3.76. The van der Waals surface area contributed by atoms with Crippen LogP contribution in [0.5, 0.6) is 0 Å². The maximum absolute atomic E-state index is 12.4. The highest BCUT2D eigenvalue weighted by atomic mass is 127. The molecule has 0 aromatic heterocycles. The summed E-state index contributed by atoms with van der Waals surface area (Å²) in [6.07, 6.45) is 1.87. The molecule has 7 nitrogen and oxygen atoms in total. The number of hydrogen-bond donors (Lipinski definition) is 3. The van der Waals surface area contributed by atoms with E-state index < -0.39 is 10.0 Å². The minimum Gasteiger partial charge on any atom is -0.377 e. The van der Waals surface area contributed by atoms with Crippen LogP contribution < -0.4 is 15.4 Å². The molecule has 1 heterocycles. The largest absolute Gasteiger partial charge is 0.377 e. The lowest BCUT2D eigenvalue weighted by molar-refractivity contribution is 0.114. The summed E-state index contributed by atoms with van der Waals surface area (Å²) in [4.78, 5) is 4.82. The number of hydrogen-bond acceptors (Lipinski definition) is 4. The minimum absolute atomic E-state index is 0. The van der Waals surface area contributed by atoms with Crippen LogP contribution in [0.1, 0.15) is 46.1 Å². The van der Waals surface area contributed by atoms with E-state index >= 15 is 0 Å². The van der Waals surface area contributed by atoms with Crippen molar-refractivity contribution < 1.29 is 13.2 Å². The lowest BCUT2D eigenvalue weighted by atomic mass is 10.1. The first-order valence-electron chi connectivity index (χ1n) is 9.46. The summed E-state index contributed by atoms with van der Waals surface area (Å²) in [5, 5.41) is 6.54. The molecule has 0 amide bonds. The minimum atomic E-state index is -3.52. The van der Waals surface area contributed by atoms with Gasteiger partial charge in [-0.1, -0.05) is 12.1 Å². The van der Waals surface area contributed by atoms with Gasteiger partial charge in [-0.25, -0.2) is 18.1 Å². The van der Waals surface area contributed by atoms with Crippen LogP contribution in [0, 0.1) is 0 Å². The van der Waals surface area contributed by atoms with Gasteiger partial charge in [-0.15, -0.1) is 24.0 Å². The Morgan fingerprint density at radius 2 is 1.93 bits per heavy atom. The van der Waals surface area contributed by atoms with Crippen LogP contribution in [0.15, 0.2) is 34.2 Å². The molecular weight excluding hydrogens is 491 g/mol. The lowest BCUT2D eigenvalue weighted by Gasteiger charge is -2.23. The Bertz CT molecular complexity index is 725. The number of halogens is 1. The van der Waals surface area contributed by atoms with E-state index in [1.807, 2.05) is 6.92 Å². The van der Waals surface area contributed by atoms with Gasteiger partial charge in [-0.2, -0.15) is 0 Å². The number of nitrogens with zero attached hydrogens (tertiary/aromatic N) is 1. The van der Waals surface area contributed by atoms with Gasteiger partial charge in [0.05, 0.1) is 17.5 Å². The number of ether oxygens (including phenoxy) is 1. The highest BCUT2D eigenvalue weighted by Crippen LogP contribution is 2.14. The molecule has 0 aliphatic carbocycles. The van der Waals surface area contributed by atoms with E-state index in [0.29, 0.717) is 19.7 Å². The molecule has 1 fully saturated rings. The zero-order chi connectivity index (χ0) is 19.9. The summed E-state index contributed by atoms with van der Waals surface area (Å²) >= 11 is 0. The van der Waals surface area contributed by atoms with E-state index in [4.69, 9.17) is 4.74 Å². The van der Waals surface area contributed by atoms with Crippen molar-refractivity contribution in [3.8, 4) is 0 Å². The van der Waals surface area contributed by atoms with Crippen LogP contribution >= 0.6 is 24.0 Å². The van der Waals surface area contributed by atoms with Gasteiger partial charge < -0.3 is 15.4 Å². The van der Waals surface area contributed by atoms with Crippen molar-refractivity contribution in [1.29, 1.82) is 0 Å². The van der Waals surface area contributed by atoms with Crippen molar-refractivity contribution in [1.82, 2.24) is 15.4 Å². The third-order valence-corrected chi connectivity index (χ3v) is 5.46. The summed E-state index contributed by atoms with van der Waals surface area (Å²) in [6, 6.07) is 6.83. The molecule has 1 aliphatic heterocycles. The summed E-state index contributed by atoms with van der Waals surface area (Å²) in [7, 11) is -3.52. The second-order valence-corrected chi connectivity index (χ2v) is 9.47. The Hall–Kier alpha value is -0.910. The van der Waals surface area contributed by atoms with Crippen LogP contribution in [-0.2, 0) is 21.3 Å². The standard InChI is InChI=1S/C19H32N4O3S.HI/c1-5-20-18(23-19(2,3)4)21-13-15-8-10-17(11-9-15)27(24,25)22-14-16-7-6-12-26-16;/h8-11,16,22H,5-7,12-14H2,1-4H3,(H2,20,21,23);1H. The van der Waals surface area contributed by atoms with Gasteiger partial charge in [0.25, 0.3) is 0 Å². The maximum atomic E-state index is 12.4. The average Bonchev–Trinajstić information content (AvgIpc) is 3.11. The normalized spacial score (nSPS) is 17.9. The third kappa shape index (κ3) is 8.62. The summed E-state index contributed by atoms with van der Waals surface area (Å²) in [5.41, 5.74) is 0.854. The number of sulfonamides is 1. The Kier molecular flexibility index (Phi) is 10.2. The molecule has 160 valence electrons.